The van der Waals surface area contributed by atoms with Crippen LogP contribution in [0, 0.1) is 5.41 Å². The molecule has 1 saturated heterocycles. The average Bonchev–Trinajstić information content (AvgIpc) is 3.29. The van der Waals surface area contributed by atoms with Gasteiger partial charge in [-0.2, -0.15) is 0 Å². The standard InChI is InChI=1S/C49H64N2O13/c1-7-49(30-56-31-49)29-55-24-25-59-38(6)64-48(54)35(3)51-28-42-17-13-18-43(46(42)61-33-51)40-16-12-14-39(26-40)20-21-45(52)62-36(4)57-22-10-11-23-58-37(5)63-47(53)34(2)50-27-41-15-8-9-19-44(41)60-32-50/h8-9,12-21,26,34-38H,7,10-11,22-25,27-33H2,1-6H3/b21-20+. The number of fused-ring (bicyclic) bond motifs is 2. The van der Waals surface area contributed by atoms with Gasteiger partial charge in [-0.05, 0) is 83.2 Å². The molecule has 0 bridgehead atoms. The van der Waals surface area contributed by atoms with Gasteiger partial charge in [0.1, 0.15) is 37.0 Å². The minimum atomic E-state index is -0.748. The Kier molecular flexibility index (Phi) is 18.1. The van der Waals surface area contributed by atoms with E-state index in [2.05, 4.69) is 6.92 Å². The van der Waals surface area contributed by atoms with Crippen molar-refractivity contribution in [3.8, 4) is 22.6 Å². The first-order valence-corrected chi connectivity index (χ1v) is 22.3. The maximum Gasteiger partial charge on any atom is 0.333 e. The van der Waals surface area contributed by atoms with Crippen LogP contribution >= 0.6 is 0 Å². The van der Waals surface area contributed by atoms with Crippen molar-refractivity contribution in [2.75, 3.05) is 59.7 Å². The summed E-state index contributed by atoms with van der Waals surface area (Å²) in [6.45, 7) is 15.9. The maximum absolute atomic E-state index is 13.0. The smallest absolute Gasteiger partial charge is 0.333 e. The molecule has 5 unspecified atom stereocenters. The normalized spacial score (nSPS) is 18.2. The van der Waals surface area contributed by atoms with Crippen molar-refractivity contribution in [3.05, 3.63) is 89.5 Å². The minimum Gasteiger partial charge on any atom is -0.478 e. The Morgan fingerprint density at radius 3 is 1.98 bits per heavy atom. The van der Waals surface area contributed by atoms with Crippen molar-refractivity contribution < 1.29 is 61.8 Å². The highest BCUT2D eigenvalue weighted by Crippen LogP contribution is 2.37. The number of ether oxygens (including phenoxy) is 10. The predicted molar refractivity (Wildman–Crippen MR) is 236 cm³/mol. The van der Waals surface area contributed by atoms with E-state index in [0.717, 1.165) is 59.0 Å². The Morgan fingerprint density at radius 2 is 1.31 bits per heavy atom. The van der Waals surface area contributed by atoms with Gasteiger partial charge in [-0.25, -0.2) is 4.79 Å². The van der Waals surface area contributed by atoms with Crippen LogP contribution in [-0.4, -0.2) is 118 Å². The highest BCUT2D eigenvalue weighted by atomic mass is 16.7. The molecule has 0 aromatic heterocycles. The number of rotatable bonds is 24. The van der Waals surface area contributed by atoms with Crippen LogP contribution in [0.5, 0.6) is 11.5 Å². The molecule has 3 aliphatic rings. The second kappa shape index (κ2) is 23.9. The monoisotopic (exact) mass is 888 g/mol. The fraction of sp³-hybridized carbons (Fsp3) is 0.531. The summed E-state index contributed by atoms with van der Waals surface area (Å²) in [6.07, 6.45) is 3.22. The molecule has 1 fully saturated rings. The highest BCUT2D eigenvalue weighted by Gasteiger charge is 2.37. The van der Waals surface area contributed by atoms with Crippen LogP contribution in [0.4, 0.5) is 0 Å². The number of hydrogen-bond donors (Lipinski definition) is 0. The first kappa shape index (κ1) is 48.6. The Morgan fingerprint density at radius 1 is 0.703 bits per heavy atom. The number of carbonyl (C=O) groups is 3. The molecule has 3 aliphatic heterocycles. The van der Waals surface area contributed by atoms with Gasteiger partial charge in [0.05, 0.1) is 46.2 Å². The number of nitrogens with zero attached hydrogens (tertiary/aromatic N) is 2. The van der Waals surface area contributed by atoms with Crippen LogP contribution < -0.4 is 9.47 Å². The molecule has 0 aliphatic carbocycles. The van der Waals surface area contributed by atoms with Crippen molar-refractivity contribution in [1.82, 2.24) is 9.80 Å². The lowest BCUT2D eigenvalue weighted by atomic mass is 9.84. The Balaban J connectivity index is 0.861. The molecule has 3 aromatic carbocycles. The van der Waals surface area contributed by atoms with Crippen LogP contribution in [0.3, 0.4) is 0 Å². The molecule has 0 saturated carbocycles. The van der Waals surface area contributed by atoms with Crippen molar-refractivity contribution in [3.63, 3.8) is 0 Å². The molecule has 0 N–H and O–H groups in total. The molecule has 15 nitrogen and oxygen atoms in total. The predicted octanol–water partition coefficient (Wildman–Crippen LogP) is 7.09. The largest absolute Gasteiger partial charge is 0.478 e. The summed E-state index contributed by atoms with van der Waals surface area (Å²) in [6, 6.07) is 20.4. The van der Waals surface area contributed by atoms with Gasteiger partial charge in [0.25, 0.3) is 0 Å². The third-order valence-corrected chi connectivity index (χ3v) is 11.6. The lowest BCUT2D eigenvalue weighted by molar-refractivity contribution is -0.187. The second-order valence-corrected chi connectivity index (χ2v) is 16.5. The van der Waals surface area contributed by atoms with Gasteiger partial charge in [-0.15, -0.1) is 0 Å². The summed E-state index contributed by atoms with van der Waals surface area (Å²) in [5.74, 6) is 0.265. The summed E-state index contributed by atoms with van der Waals surface area (Å²) in [5, 5.41) is 0. The zero-order valence-electron chi connectivity index (χ0n) is 38.0. The number of para-hydroxylation sites is 2. The van der Waals surface area contributed by atoms with Gasteiger partial charge in [0.15, 0.2) is 18.9 Å². The summed E-state index contributed by atoms with van der Waals surface area (Å²) < 4.78 is 56.8. The minimum absolute atomic E-state index is 0.112. The van der Waals surface area contributed by atoms with Gasteiger partial charge in [0, 0.05) is 41.3 Å². The first-order valence-electron chi connectivity index (χ1n) is 22.3. The fourth-order valence-electron chi connectivity index (χ4n) is 7.35. The molecule has 64 heavy (non-hydrogen) atoms. The molecule has 0 radical (unpaired) electrons. The summed E-state index contributed by atoms with van der Waals surface area (Å²) >= 11 is 0. The van der Waals surface area contributed by atoms with Crippen LogP contribution in [0.15, 0.2) is 72.8 Å². The second-order valence-electron chi connectivity index (χ2n) is 16.5. The lowest BCUT2D eigenvalue weighted by Gasteiger charge is -2.40. The molecule has 15 heteroatoms. The number of benzene rings is 3. The molecule has 0 amide bonds. The van der Waals surface area contributed by atoms with Gasteiger partial charge in [0.2, 0.25) is 0 Å². The maximum atomic E-state index is 13.0. The Hall–Kier alpha value is -4.87. The van der Waals surface area contributed by atoms with Crippen LogP contribution in [-0.2, 0) is 65.4 Å². The van der Waals surface area contributed by atoms with Crippen molar-refractivity contribution in [2.24, 2.45) is 5.41 Å². The van der Waals surface area contributed by atoms with E-state index in [4.69, 9.17) is 47.4 Å². The van der Waals surface area contributed by atoms with E-state index in [9.17, 15) is 14.4 Å². The zero-order valence-corrected chi connectivity index (χ0v) is 38.0. The van der Waals surface area contributed by atoms with Gasteiger partial charge < -0.3 is 47.4 Å². The number of hydrogen-bond acceptors (Lipinski definition) is 15. The quantitative estimate of drug-likeness (QED) is 0.0296. The van der Waals surface area contributed by atoms with Crippen LogP contribution in [0.1, 0.15) is 77.5 Å². The van der Waals surface area contributed by atoms with E-state index < -0.39 is 42.9 Å². The summed E-state index contributed by atoms with van der Waals surface area (Å²) in [4.78, 5) is 42.3. The van der Waals surface area contributed by atoms with E-state index in [1.165, 1.54) is 6.08 Å². The number of esters is 3. The molecule has 348 valence electrons. The first-order chi connectivity index (χ1) is 30.9. The SMILES string of the molecule is CCC1(COCCOC(C)OC(=O)C(C)N2COc3c(cccc3-c3cccc(/C=C/C(=O)OC(C)OCCCCOC(C)OC(=O)C(C)N4COc5ccccc5C4)c3)C2)COC1. The summed E-state index contributed by atoms with van der Waals surface area (Å²) in [5.41, 5.74) is 4.69. The van der Waals surface area contributed by atoms with Crippen LogP contribution in [0.2, 0.25) is 0 Å². The fourth-order valence-corrected chi connectivity index (χ4v) is 7.35. The number of carbonyl (C=O) groups excluding carboxylic acids is 3. The Bertz CT molecular complexity index is 2020. The van der Waals surface area contributed by atoms with Crippen LogP contribution in [0.25, 0.3) is 17.2 Å². The molecule has 6 rings (SSSR count). The van der Waals surface area contributed by atoms with Crippen molar-refractivity contribution in [2.45, 2.75) is 105 Å². The third kappa shape index (κ3) is 13.8. The lowest BCUT2D eigenvalue weighted by Crippen LogP contribution is -2.46. The molecular formula is C49H64N2O13. The van der Waals surface area contributed by atoms with E-state index in [-0.39, 0.29) is 18.1 Å². The molecule has 3 aromatic rings. The highest BCUT2D eigenvalue weighted by molar-refractivity contribution is 5.87. The van der Waals surface area contributed by atoms with Gasteiger partial charge in [-0.3, -0.25) is 19.4 Å². The van der Waals surface area contributed by atoms with E-state index in [1.807, 2.05) is 76.5 Å². The average molecular weight is 889 g/mol. The molecule has 3 heterocycles. The van der Waals surface area contributed by atoms with Gasteiger partial charge >= 0.3 is 17.9 Å². The molecular weight excluding hydrogens is 825 g/mol. The third-order valence-electron chi connectivity index (χ3n) is 11.6. The van der Waals surface area contributed by atoms with E-state index in [1.54, 1.807) is 40.7 Å². The van der Waals surface area contributed by atoms with E-state index in [0.29, 0.717) is 65.7 Å². The van der Waals surface area contributed by atoms with Gasteiger partial charge in [-0.1, -0.05) is 61.5 Å². The number of unbranched alkanes of at least 4 members (excludes halogenated alkanes) is 1. The van der Waals surface area contributed by atoms with Crippen molar-refractivity contribution in [1.29, 1.82) is 0 Å². The van der Waals surface area contributed by atoms with E-state index >= 15 is 0 Å². The molecule has 5 atom stereocenters. The Labute approximate surface area is 376 Å². The van der Waals surface area contributed by atoms with Crippen molar-refractivity contribution >= 4 is 24.0 Å². The zero-order chi connectivity index (χ0) is 45.5. The summed E-state index contributed by atoms with van der Waals surface area (Å²) in [7, 11) is 0. The molecule has 0 spiro atoms. The topological polar surface area (TPSA) is 150 Å².